The standard InChI is InChI=1S/C12H18O2.C11H16O/c1-12(2,3)9-6-7-10(13-4)11(8-9)14-5;1-11(2,3)9-6-5-7-10(8-9)12-4/h6-8H,1-5H3;5-8H,1-4H3. The maximum atomic E-state index is 5.25. The van der Waals surface area contributed by atoms with Gasteiger partial charge in [-0.3, -0.25) is 0 Å². The van der Waals surface area contributed by atoms with Gasteiger partial charge in [-0.25, -0.2) is 0 Å². The van der Waals surface area contributed by atoms with Gasteiger partial charge in [0.15, 0.2) is 11.5 Å². The van der Waals surface area contributed by atoms with Gasteiger partial charge in [-0.1, -0.05) is 59.7 Å². The maximum Gasteiger partial charge on any atom is 0.161 e. The molecule has 0 aromatic heterocycles. The van der Waals surface area contributed by atoms with Gasteiger partial charge in [-0.2, -0.15) is 0 Å². The van der Waals surface area contributed by atoms with E-state index in [2.05, 4.69) is 59.7 Å². The third-order valence-corrected chi connectivity index (χ3v) is 4.19. The first-order valence-electron chi connectivity index (χ1n) is 8.90. The summed E-state index contributed by atoms with van der Waals surface area (Å²) in [5.74, 6) is 2.50. The van der Waals surface area contributed by atoms with Crippen LogP contribution in [0, 0.1) is 0 Å². The first-order chi connectivity index (χ1) is 12.0. The van der Waals surface area contributed by atoms with E-state index in [1.165, 1.54) is 11.1 Å². The van der Waals surface area contributed by atoms with Crippen LogP contribution in [0.3, 0.4) is 0 Å². The van der Waals surface area contributed by atoms with E-state index in [-0.39, 0.29) is 10.8 Å². The molecule has 0 fully saturated rings. The van der Waals surface area contributed by atoms with Crippen LogP contribution in [0.2, 0.25) is 0 Å². The second-order valence-electron chi connectivity index (χ2n) is 8.30. The molecule has 0 radical (unpaired) electrons. The van der Waals surface area contributed by atoms with Crippen molar-refractivity contribution in [2.24, 2.45) is 0 Å². The molecule has 3 heteroatoms. The molecule has 0 saturated carbocycles. The maximum absolute atomic E-state index is 5.25. The Morgan fingerprint density at radius 3 is 1.58 bits per heavy atom. The van der Waals surface area contributed by atoms with Gasteiger partial charge in [0.2, 0.25) is 0 Å². The van der Waals surface area contributed by atoms with Crippen molar-refractivity contribution in [3.05, 3.63) is 53.6 Å². The molecule has 2 rings (SSSR count). The predicted molar refractivity (Wildman–Crippen MR) is 110 cm³/mol. The van der Waals surface area contributed by atoms with E-state index in [9.17, 15) is 0 Å². The Morgan fingerprint density at radius 1 is 0.577 bits per heavy atom. The minimum absolute atomic E-state index is 0.138. The highest BCUT2D eigenvalue weighted by Crippen LogP contribution is 2.32. The lowest BCUT2D eigenvalue weighted by Crippen LogP contribution is -2.11. The molecular weight excluding hydrogens is 324 g/mol. The smallest absolute Gasteiger partial charge is 0.161 e. The van der Waals surface area contributed by atoms with Crippen LogP contribution in [0.15, 0.2) is 42.5 Å². The fourth-order valence-electron chi connectivity index (χ4n) is 2.39. The van der Waals surface area contributed by atoms with Crippen molar-refractivity contribution in [1.82, 2.24) is 0 Å². The van der Waals surface area contributed by atoms with Gasteiger partial charge in [-0.05, 0) is 46.2 Å². The van der Waals surface area contributed by atoms with Crippen molar-refractivity contribution in [1.29, 1.82) is 0 Å². The minimum Gasteiger partial charge on any atom is -0.497 e. The van der Waals surface area contributed by atoms with E-state index < -0.39 is 0 Å². The van der Waals surface area contributed by atoms with Crippen molar-refractivity contribution in [2.75, 3.05) is 21.3 Å². The summed E-state index contributed by atoms with van der Waals surface area (Å²) in [5.41, 5.74) is 2.89. The van der Waals surface area contributed by atoms with E-state index in [1.54, 1.807) is 21.3 Å². The summed E-state index contributed by atoms with van der Waals surface area (Å²) in [6, 6.07) is 14.2. The third-order valence-electron chi connectivity index (χ3n) is 4.19. The molecule has 0 unspecified atom stereocenters. The topological polar surface area (TPSA) is 27.7 Å². The van der Waals surface area contributed by atoms with Crippen LogP contribution in [0.1, 0.15) is 52.7 Å². The van der Waals surface area contributed by atoms with Gasteiger partial charge < -0.3 is 14.2 Å². The SMILES string of the molecule is COc1ccc(C(C)(C)C)cc1OC.COc1cccc(C(C)(C)C)c1. The number of ether oxygens (including phenoxy) is 3. The number of hydrogen-bond donors (Lipinski definition) is 0. The molecule has 0 saturated heterocycles. The van der Waals surface area contributed by atoms with Gasteiger partial charge in [0.1, 0.15) is 5.75 Å². The van der Waals surface area contributed by atoms with Crippen LogP contribution < -0.4 is 14.2 Å². The molecule has 2 aromatic carbocycles. The zero-order chi connectivity index (χ0) is 20.0. The Hall–Kier alpha value is -2.16. The molecule has 0 spiro atoms. The molecule has 26 heavy (non-hydrogen) atoms. The summed E-state index contributed by atoms with van der Waals surface area (Å²) in [7, 11) is 5.00. The summed E-state index contributed by atoms with van der Waals surface area (Å²) >= 11 is 0. The Kier molecular flexibility index (Phi) is 7.55. The lowest BCUT2D eigenvalue weighted by molar-refractivity contribution is 0.353. The van der Waals surface area contributed by atoms with Crippen LogP contribution in [-0.2, 0) is 10.8 Å². The summed E-state index contributed by atoms with van der Waals surface area (Å²) in [5, 5.41) is 0. The average molecular weight is 359 g/mol. The lowest BCUT2D eigenvalue weighted by Gasteiger charge is -2.20. The van der Waals surface area contributed by atoms with Gasteiger partial charge in [-0.15, -0.1) is 0 Å². The van der Waals surface area contributed by atoms with Crippen molar-refractivity contribution in [3.8, 4) is 17.2 Å². The highest BCUT2D eigenvalue weighted by Gasteiger charge is 2.16. The first kappa shape index (κ1) is 21.9. The first-order valence-corrected chi connectivity index (χ1v) is 8.90. The Bertz CT molecular complexity index is 691. The Balaban J connectivity index is 0.000000263. The molecule has 0 aliphatic heterocycles. The summed E-state index contributed by atoms with van der Waals surface area (Å²) < 4.78 is 15.6. The van der Waals surface area contributed by atoms with Crippen LogP contribution in [0.25, 0.3) is 0 Å². The third kappa shape index (κ3) is 6.29. The number of hydrogen-bond acceptors (Lipinski definition) is 3. The fourth-order valence-corrected chi connectivity index (χ4v) is 2.39. The molecule has 2 aromatic rings. The molecule has 0 bridgehead atoms. The fraction of sp³-hybridized carbons (Fsp3) is 0.478. The molecule has 144 valence electrons. The Morgan fingerprint density at radius 2 is 1.12 bits per heavy atom. The van der Waals surface area contributed by atoms with Crippen LogP contribution in [-0.4, -0.2) is 21.3 Å². The summed E-state index contributed by atoms with van der Waals surface area (Å²) in [4.78, 5) is 0. The normalized spacial score (nSPS) is 11.3. The van der Waals surface area contributed by atoms with Crippen molar-refractivity contribution >= 4 is 0 Å². The molecule has 0 amide bonds. The quantitative estimate of drug-likeness (QED) is 0.674. The van der Waals surface area contributed by atoms with E-state index in [0.717, 1.165) is 17.2 Å². The van der Waals surface area contributed by atoms with Crippen LogP contribution in [0.4, 0.5) is 0 Å². The van der Waals surface area contributed by atoms with Gasteiger partial charge in [0.25, 0.3) is 0 Å². The Labute approximate surface area is 159 Å². The molecule has 0 aliphatic rings. The van der Waals surface area contributed by atoms with Crippen LogP contribution >= 0.6 is 0 Å². The monoisotopic (exact) mass is 358 g/mol. The number of rotatable bonds is 3. The average Bonchev–Trinajstić information content (AvgIpc) is 2.60. The minimum atomic E-state index is 0.138. The second kappa shape index (κ2) is 8.98. The number of methoxy groups -OCH3 is 3. The van der Waals surface area contributed by atoms with Gasteiger partial charge in [0, 0.05) is 0 Å². The van der Waals surface area contributed by atoms with E-state index in [4.69, 9.17) is 14.2 Å². The van der Waals surface area contributed by atoms with Crippen molar-refractivity contribution in [3.63, 3.8) is 0 Å². The van der Waals surface area contributed by atoms with Gasteiger partial charge in [0.05, 0.1) is 21.3 Å². The predicted octanol–water partition coefficient (Wildman–Crippen LogP) is 5.99. The largest absolute Gasteiger partial charge is 0.497 e. The number of benzene rings is 2. The van der Waals surface area contributed by atoms with Crippen molar-refractivity contribution < 1.29 is 14.2 Å². The molecule has 0 N–H and O–H groups in total. The highest BCUT2D eigenvalue weighted by atomic mass is 16.5. The zero-order valence-corrected chi connectivity index (χ0v) is 17.8. The molecular formula is C23H34O3. The lowest BCUT2D eigenvalue weighted by atomic mass is 9.87. The van der Waals surface area contributed by atoms with Crippen LogP contribution in [0.5, 0.6) is 17.2 Å². The van der Waals surface area contributed by atoms with E-state index in [1.807, 2.05) is 24.3 Å². The van der Waals surface area contributed by atoms with Gasteiger partial charge >= 0.3 is 0 Å². The summed E-state index contributed by atoms with van der Waals surface area (Å²) in [6.07, 6.45) is 0. The molecule has 0 heterocycles. The second-order valence-corrected chi connectivity index (χ2v) is 8.30. The zero-order valence-electron chi connectivity index (χ0n) is 17.8. The summed E-state index contributed by atoms with van der Waals surface area (Å²) in [6.45, 7) is 13.1. The van der Waals surface area contributed by atoms with E-state index >= 15 is 0 Å². The molecule has 0 aliphatic carbocycles. The van der Waals surface area contributed by atoms with E-state index in [0.29, 0.717) is 0 Å². The highest BCUT2D eigenvalue weighted by molar-refractivity contribution is 5.44. The molecule has 3 nitrogen and oxygen atoms in total. The van der Waals surface area contributed by atoms with Crippen molar-refractivity contribution in [2.45, 2.75) is 52.4 Å². The molecule has 0 atom stereocenters.